The Labute approximate surface area is 143 Å². The van der Waals surface area contributed by atoms with Gasteiger partial charge in [0.25, 0.3) is 0 Å². The van der Waals surface area contributed by atoms with E-state index < -0.39 is 6.04 Å². The van der Waals surface area contributed by atoms with Crippen LogP contribution in [0.15, 0.2) is 30.3 Å². The van der Waals surface area contributed by atoms with E-state index in [2.05, 4.69) is 46.7 Å². The van der Waals surface area contributed by atoms with Crippen molar-refractivity contribution in [1.82, 2.24) is 20.4 Å². The number of hydrogen-bond acceptors (Lipinski definition) is 3. The fourth-order valence-electron chi connectivity index (χ4n) is 3.52. The molecule has 2 N–H and O–H groups in total. The Morgan fingerprint density at radius 3 is 2.79 bits per heavy atom. The first-order chi connectivity index (χ1) is 11.6. The number of carbonyl (C=O) groups is 2. The fraction of sp³-hybridized carbons (Fsp3) is 0.556. The molecule has 1 aromatic carbocycles. The fourth-order valence-corrected chi connectivity index (χ4v) is 3.52. The van der Waals surface area contributed by atoms with Crippen LogP contribution in [0, 0.1) is 0 Å². The van der Waals surface area contributed by atoms with Crippen LogP contribution in [0.25, 0.3) is 0 Å². The van der Waals surface area contributed by atoms with E-state index in [9.17, 15) is 9.59 Å². The summed E-state index contributed by atoms with van der Waals surface area (Å²) in [4.78, 5) is 28.2. The van der Waals surface area contributed by atoms with Gasteiger partial charge in [0.15, 0.2) is 0 Å². The lowest BCUT2D eigenvalue weighted by molar-refractivity contribution is -0.126. The molecular formula is C18H26N4O2. The number of carbonyl (C=O) groups excluding carboxylic acids is 2. The van der Waals surface area contributed by atoms with Gasteiger partial charge in [-0.2, -0.15) is 0 Å². The lowest BCUT2D eigenvalue weighted by Gasteiger charge is -2.33. The number of nitrogens with one attached hydrogen (secondary N) is 2. The number of rotatable bonds is 3. The molecule has 2 aliphatic rings. The van der Waals surface area contributed by atoms with E-state index in [0.29, 0.717) is 19.1 Å². The molecule has 2 saturated heterocycles. The first-order valence-corrected chi connectivity index (χ1v) is 8.70. The number of benzene rings is 1. The van der Waals surface area contributed by atoms with E-state index in [4.69, 9.17) is 0 Å². The molecule has 6 heteroatoms. The molecule has 0 bridgehead atoms. The topological polar surface area (TPSA) is 64.7 Å². The molecule has 2 aliphatic heterocycles. The average molecular weight is 330 g/mol. The number of hydrogen-bond donors (Lipinski definition) is 2. The van der Waals surface area contributed by atoms with E-state index in [-0.39, 0.29) is 18.0 Å². The molecule has 0 saturated carbocycles. The molecule has 3 rings (SSSR count). The van der Waals surface area contributed by atoms with Crippen LogP contribution in [0.5, 0.6) is 0 Å². The Bertz CT molecular complexity index is 592. The van der Waals surface area contributed by atoms with E-state index in [1.807, 2.05) is 6.07 Å². The third-order valence-corrected chi connectivity index (χ3v) is 5.14. The maximum atomic E-state index is 12.5. The van der Waals surface area contributed by atoms with Gasteiger partial charge < -0.3 is 15.5 Å². The van der Waals surface area contributed by atoms with Crippen LogP contribution in [0.1, 0.15) is 31.9 Å². The Hall–Kier alpha value is -2.08. The summed E-state index contributed by atoms with van der Waals surface area (Å²) in [5.41, 5.74) is 1.30. The zero-order valence-corrected chi connectivity index (χ0v) is 14.4. The minimum Gasteiger partial charge on any atom is -0.353 e. The lowest BCUT2D eigenvalue weighted by Crippen LogP contribution is -2.59. The summed E-state index contributed by atoms with van der Waals surface area (Å²) in [5.74, 6) is -0.0813. The maximum absolute atomic E-state index is 12.5. The predicted molar refractivity (Wildman–Crippen MR) is 92.5 cm³/mol. The first kappa shape index (κ1) is 16.8. The van der Waals surface area contributed by atoms with Crippen LogP contribution in [-0.4, -0.2) is 60.0 Å². The van der Waals surface area contributed by atoms with Gasteiger partial charge in [0.05, 0.1) is 0 Å². The molecule has 0 spiro atoms. The summed E-state index contributed by atoms with van der Waals surface area (Å²) in [6, 6.07) is 10.4. The summed E-state index contributed by atoms with van der Waals surface area (Å²) in [5, 5.41) is 5.88. The van der Waals surface area contributed by atoms with Crippen LogP contribution in [0.3, 0.4) is 0 Å². The number of amides is 3. The van der Waals surface area contributed by atoms with Crippen LogP contribution in [0.4, 0.5) is 4.79 Å². The van der Waals surface area contributed by atoms with Crippen LogP contribution >= 0.6 is 0 Å². The average Bonchev–Trinajstić information content (AvgIpc) is 3.05. The van der Waals surface area contributed by atoms with E-state index >= 15 is 0 Å². The molecule has 0 radical (unpaired) electrons. The molecule has 3 unspecified atom stereocenters. The number of piperazine rings is 1. The molecule has 2 heterocycles. The Kier molecular flexibility index (Phi) is 5.04. The quantitative estimate of drug-likeness (QED) is 0.879. The van der Waals surface area contributed by atoms with Crippen molar-refractivity contribution in [1.29, 1.82) is 0 Å². The largest absolute Gasteiger partial charge is 0.353 e. The van der Waals surface area contributed by atoms with Crippen LogP contribution in [-0.2, 0) is 4.79 Å². The van der Waals surface area contributed by atoms with Gasteiger partial charge in [0.2, 0.25) is 5.91 Å². The van der Waals surface area contributed by atoms with Crippen molar-refractivity contribution in [3.63, 3.8) is 0 Å². The summed E-state index contributed by atoms with van der Waals surface area (Å²) in [6.07, 6.45) is 0.942. The van der Waals surface area contributed by atoms with Crippen LogP contribution in [0.2, 0.25) is 0 Å². The number of likely N-dealkylation sites (tertiary alicyclic amines) is 1. The van der Waals surface area contributed by atoms with Gasteiger partial charge in [0, 0.05) is 38.3 Å². The summed E-state index contributed by atoms with van der Waals surface area (Å²) < 4.78 is 0. The van der Waals surface area contributed by atoms with Crippen LogP contribution < -0.4 is 10.6 Å². The normalized spacial score (nSPS) is 26.1. The lowest BCUT2D eigenvalue weighted by atomic mass is 10.1. The highest BCUT2D eigenvalue weighted by molar-refractivity contribution is 5.87. The van der Waals surface area contributed by atoms with Crippen molar-refractivity contribution in [2.24, 2.45) is 0 Å². The molecule has 24 heavy (non-hydrogen) atoms. The SMILES string of the molecule is CC(c1ccccc1)N1CCC(NC(=O)N2CCNC(=O)C2C)C1. The second-order valence-corrected chi connectivity index (χ2v) is 6.68. The standard InChI is InChI=1S/C18H26N4O2/c1-13(15-6-4-3-5-7-15)21-10-8-16(12-21)20-18(24)22-11-9-19-17(23)14(22)2/h3-7,13-14,16H,8-12H2,1-2H3,(H,19,23)(H,20,24). The van der Waals surface area contributed by atoms with Crippen molar-refractivity contribution >= 4 is 11.9 Å². The summed E-state index contributed by atoms with van der Waals surface area (Å²) in [7, 11) is 0. The second kappa shape index (κ2) is 7.21. The van der Waals surface area contributed by atoms with Crippen molar-refractivity contribution in [3.05, 3.63) is 35.9 Å². The van der Waals surface area contributed by atoms with E-state index in [0.717, 1.165) is 19.5 Å². The van der Waals surface area contributed by atoms with Crippen molar-refractivity contribution < 1.29 is 9.59 Å². The highest BCUT2D eigenvalue weighted by atomic mass is 16.2. The van der Waals surface area contributed by atoms with E-state index in [1.165, 1.54) is 5.56 Å². The Morgan fingerprint density at radius 2 is 2.04 bits per heavy atom. The second-order valence-electron chi connectivity index (χ2n) is 6.68. The van der Waals surface area contributed by atoms with E-state index in [1.54, 1.807) is 11.8 Å². The minimum atomic E-state index is -0.403. The van der Waals surface area contributed by atoms with Crippen molar-refractivity contribution in [2.75, 3.05) is 26.2 Å². The zero-order valence-electron chi connectivity index (χ0n) is 14.4. The third kappa shape index (κ3) is 3.53. The molecule has 3 amide bonds. The predicted octanol–water partition coefficient (Wildman–Crippen LogP) is 1.35. The molecule has 0 aromatic heterocycles. The van der Waals surface area contributed by atoms with Gasteiger partial charge in [-0.3, -0.25) is 9.69 Å². The molecule has 130 valence electrons. The molecule has 6 nitrogen and oxygen atoms in total. The summed E-state index contributed by atoms with van der Waals surface area (Å²) >= 11 is 0. The molecule has 1 aromatic rings. The van der Waals surface area contributed by atoms with Gasteiger partial charge in [-0.1, -0.05) is 30.3 Å². The molecular weight excluding hydrogens is 304 g/mol. The van der Waals surface area contributed by atoms with Gasteiger partial charge in [-0.25, -0.2) is 4.79 Å². The Balaban J connectivity index is 1.54. The van der Waals surface area contributed by atoms with Crippen molar-refractivity contribution in [2.45, 2.75) is 38.4 Å². The smallest absolute Gasteiger partial charge is 0.318 e. The highest BCUT2D eigenvalue weighted by Gasteiger charge is 2.33. The molecule has 0 aliphatic carbocycles. The van der Waals surface area contributed by atoms with Gasteiger partial charge >= 0.3 is 6.03 Å². The summed E-state index contributed by atoms with van der Waals surface area (Å²) in [6.45, 7) is 6.88. The highest BCUT2D eigenvalue weighted by Crippen LogP contribution is 2.24. The monoisotopic (exact) mass is 330 g/mol. The zero-order chi connectivity index (χ0) is 17.1. The van der Waals surface area contributed by atoms with Gasteiger partial charge in [-0.05, 0) is 25.8 Å². The third-order valence-electron chi connectivity index (χ3n) is 5.14. The molecule has 3 atom stereocenters. The Morgan fingerprint density at radius 1 is 1.29 bits per heavy atom. The van der Waals surface area contributed by atoms with Gasteiger partial charge in [-0.15, -0.1) is 0 Å². The molecule has 2 fully saturated rings. The first-order valence-electron chi connectivity index (χ1n) is 8.70. The minimum absolute atomic E-state index is 0.0813. The maximum Gasteiger partial charge on any atom is 0.318 e. The number of urea groups is 1. The number of nitrogens with zero attached hydrogens (tertiary/aromatic N) is 2. The van der Waals surface area contributed by atoms with Gasteiger partial charge in [0.1, 0.15) is 6.04 Å². The van der Waals surface area contributed by atoms with Crippen molar-refractivity contribution in [3.8, 4) is 0 Å².